The van der Waals surface area contributed by atoms with Gasteiger partial charge in [-0.05, 0) is 43.3 Å². The van der Waals surface area contributed by atoms with Crippen LogP contribution in [-0.2, 0) is 4.79 Å². The molecular formula is C16H15F3N2O. The van der Waals surface area contributed by atoms with Crippen LogP contribution >= 0.6 is 0 Å². The fourth-order valence-electron chi connectivity index (χ4n) is 1.97. The maximum absolute atomic E-state index is 13.3. The van der Waals surface area contributed by atoms with E-state index < -0.39 is 17.5 Å². The van der Waals surface area contributed by atoms with Crippen molar-refractivity contribution in [2.75, 3.05) is 23.3 Å². The normalized spacial score (nSPS) is 10.4. The Kier molecular flexibility index (Phi) is 5.04. The molecule has 0 spiro atoms. The maximum atomic E-state index is 13.3. The standard InChI is InChI=1S/C16H15F3N2O/c1-2-21(13-7-8-14(18)15(19)9-13)10-16(22)20-12-5-3-11(17)4-6-12/h3-9H,2,10H2,1H3,(H,20,22). The van der Waals surface area contributed by atoms with E-state index in [1.807, 2.05) is 0 Å². The van der Waals surface area contributed by atoms with Crippen molar-refractivity contribution in [2.24, 2.45) is 0 Å². The average molecular weight is 308 g/mol. The Labute approximate surface area is 126 Å². The Morgan fingerprint density at radius 2 is 1.73 bits per heavy atom. The van der Waals surface area contributed by atoms with Crippen LogP contribution in [0.1, 0.15) is 6.92 Å². The molecule has 0 bridgehead atoms. The van der Waals surface area contributed by atoms with Gasteiger partial charge in [0, 0.05) is 24.0 Å². The molecule has 2 aromatic carbocycles. The smallest absolute Gasteiger partial charge is 0.243 e. The summed E-state index contributed by atoms with van der Waals surface area (Å²) in [6.45, 7) is 2.22. The van der Waals surface area contributed by atoms with Gasteiger partial charge in [0.1, 0.15) is 5.82 Å². The highest BCUT2D eigenvalue weighted by atomic mass is 19.2. The molecule has 0 aliphatic heterocycles. The van der Waals surface area contributed by atoms with Crippen molar-refractivity contribution in [3.05, 3.63) is 59.9 Å². The number of rotatable bonds is 5. The van der Waals surface area contributed by atoms with E-state index in [0.29, 0.717) is 17.9 Å². The number of likely N-dealkylation sites (N-methyl/N-ethyl adjacent to an activating group) is 1. The maximum Gasteiger partial charge on any atom is 0.243 e. The molecule has 0 unspecified atom stereocenters. The van der Waals surface area contributed by atoms with Crippen molar-refractivity contribution < 1.29 is 18.0 Å². The van der Waals surface area contributed by atoms with Crippen LogP contribution in [0.4, 0.5) is 24.5 Å². The van der Waals surface area contributed by atoms with Crippen LogP contribution < -0.4 is 10.2 Å². The Bertz CT molecular complexity index is 659. The molecule has 0 saturated carbocycles. The number of anilines is 2. The SMILES string of the molecule is CCN(CC(=O)Nc1ccc(F)cc1)c1ccc(F)c(F)c1. The van der Waals surface area contributed by atoms with Crippen LogP contribution in [0.15, 0.2) is 42.5 Å². The topological polar surface area (TPSA) is 32.3 Å². The van der Waals surface area contributed by atoms with Crippen LogP contribution in [0.25, 0.3) is 0 Å². The van der Waals surface area contributed by atoms with Gasteiger partial charge in [0.15, 0.2) is 11.6 Å². The van der Waals surface area contributed by atoms with Gasteiger partial charge in [-0.2, -0.15) is 0 Å². The molecule has 116 valence electrons. The van der Waals surface area contributed by atoms with Crippen LogP contribution in [0.5, 0.6) is 0 Å². The van der Waals surface area contributed by atoms with E-state index in [1.165, 1.54) is 30.3 Å². The number of nitrogens with zero attached hydrogens (tertiary/aromatic N) is 1. The number of benzene rings is 2. The van der Waals surface area contributed by atoms with Crippen molar-refractivity contribution in [3.63, 3.8) is 0 Å². The average Bonchev–Trinajstić information content (AvgIpc) is 2.50. The van der Waals surface area contributed by atoms with E-state index in [4.69, 9.17) is 0 Å². The van der Waals surface area contributed by atoms with E-state index in [0.717, 1.165) is 12.1 Å². The van der Waals surface area contributed by atoms with Crippen molar-refractivity contribution in [2.45, 2.75) is 6.92 Å². The molecule has 0 aromatic heterocycles. The molecule has 0 aliphatic rings. The molecule has 2 rings (SSSR count). The third kappa shape index (κ3) is 4.00. The molecule has 0 radical (unpaired) electrons. The molecule has 22 heavy (non-hydrogen) atoms. The minimum atomic E-state index is -0.963. The molecule has 6 heteroatoms. The molecule has 0 heterocycles. The van der Waals surface area contributed by atoms with Crippen molar-refractivity contribution in [1.82, 2.24) is 0 Å². The number of amides is 1. The molecule has 0 aliphatic carbocycles. The minimum Gasteiger partial charge on any atom is -0.362 e. The van der Waals surface area contributed by atoms with Gasteiger partial charge in [-0.3, -0.25) is 4.79 Å². The van der Waals surface area contributed by atoms with Crippen molar-refractivity contribution >= 4 is 17.3 Å². The summed E-state index contributed by atoms with van der Waals surface area (Å²) in [5.74, 6) is -2.63. The lowest BCUT2D eigenvalue weighted by Crippen LogP contribution is -2.33. The zero-order valence-corrected chi connectivity index (χ0v) is 11.9. The van der Waals surface area contributed by atoms with E-state index in [2.05, 4.69) is 5.32 Å². The summed E-state index contributed by atoms with van der Waals surface area (Å²) < 4.78 is 39.0. The van der Waals surface area contributed by atoms with Gasteiger partial charge in [0.2, 0.25) is 5.91 Å². The number of carbonyl (C=O) groups excluding carboxylic acids is 1. The second-order valence-corrected chi connectivity index (χ2v) is 4.67. The Morgan fingerprint density at radius 1 is 1.05 bits per heavy atom. The molecule has 0 fully saturated rings. The third-order valence-electron chi connectivity index (χ3n) is 3.11. The number of nitrogens with one attached hydrogen (secondary N) is 1. The summed E-state index contributed by atoms with van der Waals surface area (Å²) >= 11 is 0. The third-order valence-corrected chi connectivity index (χ3v) is 3.11. The first-order valence-corrected chi connectivity index (χ1v) is 6.75. The minimum absolute atomic E-state index is 0.0288. The summed E-state index contributed by atoms with van der Waals surface area (Å²) in [5, 5.41) is 2.61. The molecule has 1 N–H and O–H groups in total. The van der Waals surface area contributed by atoms with Crippen LogP contribution in [0.3, 0.4) is 0 Å². The lowest BCUT2D eigenvalue weighted by Gasteiger charge is -2.22. The van der Waals surface area contributed by atoms with Crippen LogP contribution in [0, 0.1) is 17.5 Å². The van der Waals surface area contributed by atoms with Gasteiger partial charge >= 0.3 is 0 Å². The second kappa shape index (κ2) is 6.98. The summed E-state index contributed by atoms with van der Waals surface area (Å²) in [4.78, 5) is 13.6. The first-order valence-electron chi connectivity index (χ1n) is 6.75. The van der Waals surface area contributed by atoms with Crippen molar-refractivity contribution in [1.29, 1.82) is 0 Å². The largest absolute Gasteiger partial charge is 0.362 e. The van der Waals surface area contributed by atoms with E-state index in [1.54, 1.807) is 11.8 Å². The Balaban J connectivity index is 2.04. The van der Waals surface area contributed by atoms with Gasteiger partial charge in [-0.25, -0.2) is 13.2 Å². The molecule has 0 saturated heterocycles. The summed E-state index contributed by atoms with van der Waals surface area (Å²) in [7, 11) is 0. The number of carbonyl (C=O) groups is 1. The van der Waals surface area contributed by atoms with Gasteiger partial charge in [0.25, 0.3) is 0 Å². The predicted molar refractivity (Wildman–Crippen MR) is 79.3 cm³/mol. The molecule has 3 nitrogen and oxygen atoms in total. The lowest BCUT2D eigenvalue weighted by molar-refractivity contribution is -0.115. The zero-order valence-electron chi connectivity index (χ0n) is 11.9. The van der Waals surface area contributed by atoms with E-state index in [-0.39, 0.29) is 12.5 Å². The van der Waals surface area contributed by atoms with Crippen molar-refractivity contribution in [3.8, 4) is 0 Å². The summed E-state index contributed by atoms with van der Waals surface area (Å²) in [5.41, 5.74) is 0.878. The fourth-order valence-corrected chi connectivity index (χ4v) is 1.97. The van der Waals surface area contributed by atoms with Crippen LogP contribution in [-0.4, -0.2) is 19.0 Å². The predicted octanol–water partition coefficient (Wildman–Crippen LogP) is 3.57. The number of halogens is 3. The quantitative estimate of drug-likeness (QED) is 0.916. The highest BCUT2D eigenvalue weighted by Gasteiger charge is 2.12. The number of hydrogen-bond acceptors (Lipinski definition) is 2. The monoisotopic (exact) mass is 308 g/mol. The van der Waals surface area contributed by atoms with Gasteiger partial charge in [0.05, 0.1) is 6.54 Å². The molecule has 0 atom stereocenters. The first-order chi connectivity index (χ1) is 10.5. The van der Waals surface area contributed by atoms with Crippen LogP contribution in [0.2, 0.25) is 0 Å². The van der Waals surface area contributed by atoms with Gasteiger partial charge in [-0.15, -0.1) is 0 Å². The second-order valence-electron chi connectivity index (χ2n) is 4.67. The lowest BCUT2D eigenvalue weighted by atomic mass is 10.2. The Hall–Kier alpha value is -2.50. The highest BCUT2D eigenvalue weighted by molar-refractivity contribution is 5.94. The van der Waals surface area contributed by atoms with E-state index in [9.17, 15) is 18.0 Å². The van der Waals surface area contributed by atoms with E-state index >= 15 is 0 Å². The molecular weight excluding hydrogens is 293 g/mol. The summed E-state index contributed by atoms with van der Waals surface area (Å²) in [6, 6.07) is 8.84. The fraction of sp³-hybridized carbons (Fsp3) is 0.188. The molecule has 2 aromatic rings. The highest BCUT2D eigenvalue weighted by Crippen LogP contribution is 2.18. The van der Waals surface area contributed by atoms with Gasteiger partial charge < -0.3 is 10.2 Å². The zero-order chi connectivity index (χ0) is 16.1. The number of hydrogen-bond donors (Lipinski definition) is 1. The summed E-state index contributed by atoms with van der Waals surface area (Å²) in [6.07, 6.45) is 0. The first kappa shape index (κ1) is 15.9. The van der Waals surface area contributed by atoms with Gasteiger partial charge in [-0.1, -0.05) is 0 Å². The Morgan fingerprint density at radius 3 is 2.32 bits per heavy atom. The molecule has 1 amide bonds.